The molecule has 0 spiro atoms. The van der Waals surface area contributed by atoms with Crippen molar-refractivity contribution in [2.45, 2.75) is 11.3 Å². The van der Waals surface area contributed by atoms with Gasteiger partial charge in [0.25, 0.3) is 0 Å². The molecule has 1 fully saturated rings. The number of hydrogen-bond acceptors (Lipinski definition) is 4. The number of rotatable bonds is 2. The second kappa shape index (κ2) is 4.53. The molecule has 1 heterocycles. The number of hydrogen-bond donors (Lipinski definition) is 2. The first-order valence-electron chi connectivity index (χ1n) is 5.02. The smallest absolute Gasteiger partial charge is 0.165 e. The van der Waals surface area contributed by atoms with Crippen LogP contribution in [0, 0.1) is 5.82 Å². The number of sulfone groups is 1. The Morgan fingerprint density at radius 3 is 2.76 bits per heavy atom. The van der Waals surface area contributed by atoms with Crippen molar-refractivity contribution >= 4 is 21.4 Å². The molecule has 1 saturated heterocycles. The molecular weight excluding hydrogens is 267 g/mol. The van der Waals surface area contributed by atoms with Gasteiger partial charge in [0.2, 0.25) is 0 Å². The molecule has 0 aliphatic carbocycles. The average molecular weight is 279 g/mol. The molecule has 4 nitrogen and oxygen atoms in total. The molecule has 17 heavy (non-hydrogen) atoms. The van der Waals surface area contributed by atoms with E-state index < -0.39 is 26.9 Å². The second-order valence-corrected chi connectivity index (χ2v) is 6.59. The van der Waals surface area contributed by atoms with Crippen LogP contribution in [0.5, 0.6) is 0 Å². The summed E-state index contributed by atoms with van der Waals surface area (Å²) in [7, 11) is -3.33. The minimum atomic E-state index is -3.33. The molecule has 1 aromatic carbocycles. The standard InChI is InChI=1S/C10H12ClFN2O2S/c1-17(15,16)10-6(5-13-14-10)9-7(11)3-2-4-8(9)12/h2-4,6,10,13-14H,5H2,1H3. The summed E-state index contributed by atoms with van der Waals surface area (Å²) in [6.07, 6.45) is 1.11. The number of nitrogens with one attached hydrogen (secondary N) is 2. The SMILES string of the molecule is CS(=O)(=O)C1NNCC1c1c(F)cccc1Cl. The summed E-state index contributed by atoms with van der Waals surface area (Å²) >= 11 is 5.93. The summed E-state index contributed by atoms with van der Waals surface area (Å²) in [5, 5.41) is -0.619. The lowest BCUT2D eigenvalue weighted by molar-refractivity contribution is 0.548. The molecule has 1 aliphatic heterocycles. The first-order valence-corrected chi connectivity index (χ1v) is 7.35. The first kappa shape index (κ1) is 12.8. The van der Waals surface area contributed by atoms with Gasteiger partial charge in [-0.2, -0.15) is 0 Å². The average Bonchev–Trinajstić information content (AvgIpc) is 2.65. The summed E-state index contributed by atoms with van der Waals surface area (Å²) in [4.78, 5) is 0. The van der Waals surface area contributed by atoms with Crippen LogP contribution in [-0.2, 0) is 9.84 Å². The maximum Gasteiger partial charge on any atom is 0.165 e. The van der Waals surface area contributed by atoms with Gasteiger partial charge < -0.3 is 0 Å². The monoisotopic (exact) mass is 278 g/mol. The Balaban J connectivity index is 2.47. The number of hydrazine groups is 1. The fourth-order valence-electron chi connectivity index (χ4n) is 2.00. The van der Waals surface area contributed by atoms with E-state index in [1.54, 1.807) is 6.07 Å². The predicted molar refractivity (Wildman–Crippen MR) is 63.9 cm³/mol. The lowest BCUT2D eigenvalue weighted by atomic mass is 9.99. The van der Waals surface area contributed by atoms with Crippen LogP contribution < -0.4 is 10.9 Å². The zero-order valence-corrected chi connectivity index (χ0v) is 10.6. The molecule has 1 aromatic rings. The van der Waals surface area contributed by atoms with Crippen LogP contribution >= 0.6 is 11.6 Å². The number of halogens is 2. The molecule has 1 aliphatic rings. The third-order valence-corrected chi connectivity index (χ3v) is 4.46. The van der Waals surface area contributed by atoms with Gasteiger partial charge in [0, 0.05) is 29.3 Å². The van der Waals surface area contributed by atoms with Crippen molar-refractivity contribution < 1.29 is 12.8 Å². The molecule has 0 bridgehead atoms. The van der Waals surface area contributed by atoms with Crippen molar-refractivity contribution in [1.29, 1.82) is 0 Å². The van der Waals surface area contributed by atoms with E-state index in [4.69, 9.17) is 11.6 Å². The van der Waals surface area contributed by atoms with Crippen molar-refractivity contribution in [3.63, 3.8) is 0 Å². The van der Waals surface area contributed by atoms with Gasteiger partial charge in [-0.15, -0.1) is 0 Å². The van der Waals surface area contributed by atoms with E-state index in [-0.39, 0.29) is 10.6 Å². The fourth-order valence-corrected chi connectivity index (χ4v) is 3.43. The summed E-state index contributed by atoms with van der Waals surface area (Å²) in [6, 6.07) is 4.32. The van der Waals surface area contributed by atoms with E-state index in [1.165, 1.54) is 12.1 Å². The molecule has 2 atom stereocenters. The molecule has 7 heteroatoms. The summed E-state index contributed by atoms with van der Waals surface area (Å²) in [5.41, 5.74) is 5.60. The fraction of sp³-hybridized carbons (Fsp3) is 0.400. The number of benzene rings is 1. The van der Waals surface area contributed by atoms with Gasteiger partial charge >= 0.3 is 0 Å². The van der Waals surface area contributed by atoms with E-state index in [1.807, 2.05) is 0 Å². The molecule has 0 radical (unpaired) electrons. The Morgan fingerprint density at radius 2 is 2.18 bits per heavy atom. The van der Waals surface area contributed by atoms with Crippen molar-refractivity contribution in [2.75, 3.05) is 12.8 Å². The molecular formula is C10H12ClFN2O2S. The molecule has 0 saturated carbocycles. The van der Waals surface area contributed by atoms with Gasteiger partial charge in [0.05, 0.1) is 0 Å². The zero-order chi connectivity index (χ0) is 12.6. The topological polar surface area (TPSA) is 58.2 Å². The van der Waals surface area contributed by atoms with E-state index in [9.17, 15) is 12.8 Å². The van der Waals surface area contributed by atoms with Crippen LogP contribution in [-0.4, -0.2) is 26.6 Å². The van der Waals surface area contributed by atoms with Crippen molar-refractivity contribution in [3.8, 4) is 0 Å². The van der Waals surface area contributed by atoms with Crippen molar-refractivity contribution in [3.05, 3.63) is 34.6 Å². The third kappa shape index (κ3) is 2.44. The highest BCUT2D eigenvalue weighted by atomic mass is 35.5. The Kier molecular flexibility index (Phi) is 3.40. The molecule has 2 unspecified atom stereocenters. The summed E-state index contributed by atoms with van der Waals surface area (Å²) < 4.78 is 36.9. The predicted octanol–water partition coefficient (Wildman–Crippen LogP) is 1.04. The quantitative estimate of drug-likeness (QED) is 0.849. The van der Waals surface area contributed by atoms with E-state index in [0.29, 0.717) is 6.54 Å². The molecule has 0 aromatic heterocycles. The van der Waals surface area contributed by atoms with Gasteiger partial charge in [-0.3, -0.25) is 5.43 Å². The largest absolute Gasteiger partial charge is 0.256 e. The molecule has 94 valence electrons. The summed E-state index contributed by atoms with van der Waals surface area (Å²) in [6.45, 7) is 0.318. The van der Waals surface area contributed by atoms with Crippen LogP contribution in [0.4, 0.5) is 4.39 Å². The van der Waals surface area contributed by atoms with Crippen LogP contribution in [0.3, 0.4) is 0 Å². The minimum absolute atomic E-state index is 0.238. The highest BCUT2D eigenvalue weighted by Crippen LogP contribution is 2.32. The highest BCUT2D eigenvalue weighted by Gasteiger charge is 2.38. The van der Waals surface area contributed by atoms with Crippen molar-refractivity contribution in [2.24, 2.45) is 0 Å². The highest BCUT2D eigenvalue weighted by molar-refractivity contribution is 7.91. The van der Waals surface area contributed by atoms with Gasteiger partial charge in [-0.1, -0.05) is 17.7 Å². The lowest BCUT2D eigenvalue weighted by Gasteiger charge is -2.18. The Hall–Kier alpha value is -0.690. The van der Waals surface area contributed by atoms with Gasteiger partial charge in [-0.05, 0) is 12.1 Å². The van der Waals surface area contributed by atoms with Crippen molar-refractivity contribution in [1.82, 2.24) is 10.9 Å². The molecule has 2 N–H and O–H groups in total. The van der Waals surface area contributed by atoms with Gasteiger partial charge in [0.1, 0.15) is 11.2 Å². The Labute approximate surface area is 104 Å². The Bertz CT molecular complexity index is 515. The van der Waals surface area contributed by atoms with Crippen LogP contribution in [0.15, 0.2) is 18.2 Å². The lowest BCUT2D eigenvalue weighted by Crippen LogP contribution is -2.37. The van der Waals surface area contributed by atoms with Crippen LogP contribution in [0.2, 0.25) is 5.02 Å². The van der Waals surface area contributed by atoms with E-state index >= 15 is 0 Å². The van der Waals surface area contributed by atoms with Gasteiger partial charge in [0.15, 0.2) is 9.84 Å². The van der Waals surface area contributed by atoms with Crippen LogP contribution in [0.1, 0.15) is 11.5 Å². The maximum atomic E-state index is 13.7. The third-order valence-electron chi connectivity index (χ3n) is 2.76. The normalized spacial score (nSPS) is 25.1. The maximum absolute atomic E-state index is 13.7. The second-order valence-electron chi connectivity index (χ2n) is 4.02. The molecule has 0 amide bonds. The zero-order valence-electron chi connectivity index (χ0n) is 9.07. The van der Waals surface area contributed by atoms with E-state index in [0.717, 1.165) is 6.26 Å². The van der Waals surface area contributed by atoms with Gasteiger partial charge in [-0.25, -0.2) is 18.2 Å². The van der Waals surface area contributed by atoms with E-state index in [2.05, 4.69) is 10.9 Å². The minimum Gasteiger partial charge on any atom is -0.256 e. The van der Waals surface area contributed by atoms with Crippen LogP contribution in [0.25, 0.3) is 0 Å². The first-order chi connectivity index (χ1) is 7.91. The molecule has 2 rings (SSSR count). The Morgan fingerprint density at radius 1 is 1.47 bits per heavy atom. The summed E-state index contributed by atoms with van der Waals surface area (Å²) in [5.74, 6) is -1.01.